The third-order valence-electron chi connectivity index (χ3n) is 3.24. The Morgan fingerprint density at radius 3 is 2.50 bits per heavy atom. The van der Waals surface area contributed by atoms with Crippen LogP contribution >= 0.6 is 11.6 Å². The van der Waals surface area contributed by atoms with Crippen molar-refractivity contribution in [1.82, 2.24) is 5.32 Å². The van der Waals surface area contributed by atoms with Crippen LogP contribution in [0.1, 0.15) is 24.1 Å². The van der Waals surface area contributed by atoms with Crippen molar-refractivity contribution in [3.63, 3.8) is 0 Å². The fraction of sp³-hybridized carbons (Fsp3) is 0.250. The molecule has 0 unspecified atom stereocenters. The number of phenols is 1. The lowest BCUT2D eigenvalue weighted by Crippen LogP contribution is -2.17. The lowest BCUT2D eigenvalue weighted by atomic mass is 10.1. The average molecular weight is 292 g/mol. The Morgan fingerprint density at radius 1 is 1.20 bits per heavy atom. The average Bonchev–Trinajstić information content (AvgIpc) is 2.48. The van der Waals surface area contributed by atoms with Gasteiger partial charge in [0.25, 0.3) is 0 Å². The van der Waals surface area contributed by atoms with Gasteiger partial charge in [0.1, 0.15) is 11.5 Å². The first kappa shape index (κ1) is 14.7. The van der Waals surface area contributed by atoms with Gasteiger partial charge in [-0.3, -0.25) is 0 Å². The van der Waals surface area contributed by atoms with Crippen LogP contribution in [0.2, 0.25) is 5.02 Å². The largest absolute Gasteiger partial charge is 0.506 e. The van der Waals surface area contributed by atoms with Crippen LogP contribution in [0.5, 0.6) is 11.5 Å². The van der Waals surface area contributed by atoms with Gasteiger partial charge in [-0.25, -0.2) is 0 Å². The zero-order chi connectivity index (χ0) is 14.5. The number of aromatic hydroxyl groups is 1. The summed E-state index contributed by atoms with van der Waals surface area (Å²) in [6.45, 7) is 2.79. The molecule has 0 heterocycles. The molecule has 4 heteroatoms. The van der Waals surface area contributed by atoms with Crippen LogP contribution in [0.25, 0.3) is 0 Å². The van der Waals surface area contributed by atoms with Gasteiger partial charge in [0.05, 0.1) is 12.1 Å². The van der Waals surface area contributed by atoms with E-state index in [0.717, 1.165) is 11.3 Å². The topological polar surface area (TPSA) is 41.5 Å². The number of methoxy groups -OCH3 is 1. The number of hydrogen-bond donors (Lipinski definition) is 2. The molecule has 0 aromatic heterocycles. The van der Waals surface area contributed by atoms with Gasteiger partial charge in [0, 0.05) is 12.6 Å². The van der Waals surface area contributed by atoms with E-state index in [0.29, 0.717) is 11.6 Å². The van der Waals surface area contributed by atoms with Crippen molar-refractivity contribution in [1.29, 1.82) is 0 Å². The van der Waals surface area contributed by atoms with Crippen molar-refractivity contribution < 1.29 is 9.84 Å². The summed E-state index contributed by atoms with van der Waals surface area (Å²) in [5, 5.41) is 13.2. The van der Waals surface area contributed by atoms with Gasteiger partial charge in [-0.15, -0.1) is 0 Å². The molecule has 0 bridgehead atoms. The zero-order valence-corrected chi connectivity index (χ0v) is 12.3. The second-order valence-electron chi connectivity index (χ2n) is 4.66. The minimum Gasteiger partial charge on any atom is -0.506 e. The molecule has 0 saturated heterocycles. The smallest absolute Gasteiger partial charge is 0.134 e. The fourth-order valence-electron chi connectivity index (χ4n) is 1.94. The van der Waals surface area contributed by atoms with Crippen LogP contribution in [0.3, 0.4) is 0 Å². The van der Waals surface area contributed by atoms with Crippen molar-refractivity contribution in [2.24, 2.45) is 0 Å². The van der Waals surface area contributed by atoms with Gasteiger partial charge in [-0.2, -0.15) is 0 Å². The third-order valence-corrected chi connectivity index (χ3v) is 3.54. The molecule has 0 aliphatic heterocycles. The van der Waals surface area contributed by atoms with E-state index in [4.69, 9.17) is 16.3 Å². The maximum Gasteiger partial charge on any atom is 0.134 e. The van der Waals surface area contributed by atoms with E-state index in [2.05, 4.69) is 12.2 Å². The summed E-state index contributed by atoms with van der Waals surface area (Å²) in [7, 11) is 1.66. The molecule has 2 aromatic carbocycles. The first-order chi connectivity index (χ1) is 9.60. The van der Waals surface area contributed by atoms with Crippen molar-refractivity contribution in [3.8, 4) is 11.5 Å². The Bertz CT molecular complexity index is 569. The predicted octanol–water partition coefficient (Wildman–Crippen LogP) is 3.91. The van der Waals surface area contributed by atoms with Gasteiger partial charge in [0.2, 0.25) is 0 Å². The highest BCUT2D eigenvalue weighted by molar-refractivity contribution is 6.32. The minimum atomic E-state index is 0.110. The van der Waals surface area contributed by atoms with E-state index in [9.17, 15) is 5.11 Å². The second-order valence-corrected chi connectivity index (χ2v) is 5.07. The number of ether oxygens (including phenoxy) is 1. The SMILES string of the molecule is COc1ccc([C@H](C)NCc2ccc(O)c(Cl)c2)cc1. The summed E-state index contributed by atoms with van der Waals surface area (Å²) in [4.78, 5) is 0. The highest BCUT2D eigenvalue weighted by atomic mass is 35.5. The molecular weight excluding hydrogens is 274 g/mol. The molecule has 3 nitrogen and oxygen atoms in total. The molecule has 0 saturated carbocycles. The summed E-state index contributed by atoms with van der Waals surface area (Å²) in [6.07, 6.45) is 0. The van der Waals surface area contributed by atoms with E-state index < -0.39 is 0 Å². The Morgan fingerprint density at radius 2 is 1.90 bits per heavy atom. The number of rotatable bonds is 5. The molecule has 1 atom stereocenters. The number of benzene rings is 2. The maximum atomic E-state index is 9.38. The monoisotopic (exact) mass is 291 g/mol. The summed E-state index contributed by atoms with van der Waals surface area (Å²) in [5.74, 6) is 0.963. The van der Waals surface area contributed by atoms with Gasteiger partial charge < -0.3 is 15.2 Å². The van der Waals surface area contributed by atoms with Crippen LogP contribution in [-0.2, 0) is 6.54 Å². The summed E-state index contributed by atoms with van der Waals surface area (Å²) in [6, 6.07) is 13.4. The van der Waals surface area contributed by atoms with Crippen LogP contribution < -0.4 is 10.1 Å². The number of phenolic OH excluding ortho intramolecular Hbond substituents is 1. The van der Waals surface area contributed by atoms with Crippen LogP contribution in [0.4, 0.5) is 0 Å². The molecule has 0 amide bonds. The summed E-state index contributed by atoms with van der Waals surface area (Å²) in [5.41, 5.74) is 2.23. The van der Waals surface area contributed by atoms with E-state index in [1.807, 2.05) is 30.3 Å². The molecular formula is C16H18ClNO2. The van der Waals surface area contributed by atoms with Gasteiger partial charge in [0.15, 0.2) is 0 Å². The number of nitrogens with one attached hydrogen (secondary N) is 1. The standard InChI is InChI=1S/C16H18ClNO2/c1-11(13-4-6-14(20-2)7-5-13)18-10-12-3-8-16(19)15(17)9-12/h3-9,11,18-19H,10H2,1-2H3/t11-/m0/s1. The van der Waals surface area contributed by atoms with Crippen LogP contribution in [0.15, 0.2) is 42.5 Å². The molecule has 0 aliphatic carbocycles. The quantitative estimate of drug-likeness (QED) is 0.878. The van der Waals surface area contributed by atoms with E-state index in [1.54, 1.807) is 19.2 Å². The molecule has 2 rings (SSSR count). The minimum absolute atomic E-state index is 0.110. The van der Waals surface area contributed by atoms with Crippen LogP contribution in [0, 0.1) is 0 Å². The molecule has 20 heavy (non-hydrogen) atoms. The Balaban J connectivity index is 1.96. The van der Waals surface area contributed by atoms with Crippen molar-refractivity contribution in [2.45, 2.75) is 19.5 Å². The normalized spacial score (nSPS) is 12.2. The number of hydrogen-bond acceptors (Lipinski definition) is 3. The van der Waals surface area contributed by atoms with Crippen molar-refractivity contribution in [3.05, 3.63) is 58.6 Å². The Hall–Kier alpha value is -1.71. The maximum absolute atomic E-state index is 9.38. The fourth-order valence-corrected chi connectivity index (χ4v) is 2.14. The molecule has 0 fully saturated rings. The number of halogens is 1. The molecule has 0 radical (unpaired) electrons. The highest BCUT2D eigenvalue weighted by Crippen LogP contribution is 2.24. The van der Waals surface area contributed by atoms with E-state index in [-0.39, 0.29) is 11.8 Å². The van der Waals surface area contributed by atoms with Crippen molar-refractivity contribution in [2.75, 3.05) is 7.11 Å². The molecule has 0 aliphatic rings. The Labute approximate surface area is 124 Å². The zero-order valence-electron chi connectivity index (χ0n) is 11.6. The first-order valence-electron chi connectivity index (χ1n) is 6.45. The lowest BCUT2D eigenvalue weighted by molar-refractivity contribution is 0.414. The first-order valence-corrected chi connectivity index (χ1v) is 6.82. The Kier molecular flexibility index (Phi) is 4.88. The van der Waals surface area contributed by atoms with Gasteiger partial charge >= 0.3 is 0 Å². The van der Waals surface area contributed by atoms with Gasteiger partial charge in [-0.1, -0.05) is 29.8 Å². The van der Waals surface area contributed by atoms with E-state index >= 15 is 0 Å². The second kappa shape index (κ2) is 6.64. The highest BCUT2D eigenvalue weighted by Gasteiger charge is 2.06. The third kappa shape index (κ3) is 3.65. The summed E-state index contributed by atoms with van der Waals surface area (Å²) >= 11 is 5.89. The lowest BCUT2D eigenvalue weighted by Gasteiger charge is -2.15. The molecule has 2 N–H and O–H groups in total. The summed E-state index contributed by atoms with van der Waals surface area (Å²) < 4.78 is 5.14. The molecule has 0 spiro atoms. The van der Waals surface area contributed by atoms with E-state index in [1.165, 1.54) is 5.56 Å². The van der Waals surface area contributed by atoms with Crippen LogP contribution in [-0.4, -0.2) is 12.2 Å². The molecule has 106 valence electrons. The predicted molar refractivity (Wildman–Crippen MR) is 81.4 cm³/mol. The van der Waals surface area contributed by atoms with Crippen molar-refractivity contribution >= 4 is 11.6 Å². The molecule has 2 aromatic rings. The van der Waals surface area contributed by atoms with Gasteiger partial charge in [-0.05, 0) is 42.3 Å².